The molecule has 0 bridgehead atoms. The zero-order valence-electron chi connectivity index (χ0n) is 11.7. The average molecular weight is 278 g/mol. The quantitative estimate of drug-likeness (QED) is 0.641. The molecule has 0 nitrogen and oxygen atoms in total. The fraction of sp³-hybridized carbons (Fsp3) is 0.500. The number of rotatable bonds is 5. The number of thiophene rings is 2. The molecule has 98 valence electrons. The van der Waals surface area contributed by atoms with Gasteiger partial charge in [-0.15, -0.1) is 22.7 Å². The van der Waals surface area contributed by atoms with E-state index in [2.05, 4.69) is 50.6 Å². The van der Waals surface area contributed by atoms with Gasteiger partial charge in [0.1, 0.15) is 0 Å². The van der Waals surface area contributed by atoms with Gasteiger partial charge in [-0.25, -0.2) is 0 Å². The Morgan fingerprint density at radius 1 is 0.778 bits per heavy atom. The van der Waals surface area contributed by atoms with Crippen molar-refractivity contribution < 1.29 is 0 Å². The van der Waals surface area contributed by atoms with E-state index in [9.17, 15) is 0 Å². The van der Waals surface area contributed by atoms with Gasteiger partial charge in [0.15, 0.2) is 0 Å². The molecule has 0 saturated heterocycles. The summed E-state index contributed by atoms with van der Waals surface area (Å²) in [4.78, 5) is 3.02. The lowest BCUT2D eigenvalue weighted by molar-refractivity contribution is 0.646. The molecule has 0 atom stereocenters. The van der Waals surface area contributed by atoms with Crippen LogP contribution in [0.1, 0.15) is 38.8 Å². The fourth-order valence-electron chi connectivity index (χ4n) is 2.27. The van der Waals surface area contributed by atoms with Crippen molar-refractivity contribution in [2.24, 2.45) is 11.8 Å². The van der Waals surface area contributed by atoms with Crippen LogP contribution in [0.3, 0.4) is 0 Å². The minimum Gasteiger partial charge on any atom is -0.143 e. The van der Waals surface area contributed by atoms with Gasteiger partial charge in [-0.2, -0.15) is 0 Å². The van der Waals surface area contributed by atoms with E-state index in [1.165, 1.54) is 33.7 Å². The second-order valence-electron chi connectivity index (χ2n) is 5.75. The van der Waals surface area contributed by atoms with Crippen molar-refractivity contribution in [3.05, 3.63) is 34.0 Å². The first-order valence-electron chi connectivity index (χ1n) is 6.71. The van der Waals surface area contributed by atoms with Gasteiger partial charge in [0.2, 0.25) is 0 Å². The summed E-state index contributed by atoms with van der Waals surface area (Å²) in [7, 11) is 0. The van der Waals surface area contributed by atoms with Gasteiger partial charge in [0.05, 0.1) is 0 Å². The van der Waals surface area contributed by atoms with E-state index in [1.807, 2.05) is 22.7 Å². The minimum atomic E-state index is 0.729. The normalized spacial score (nSPS) is 11.7. The van der Waals surface area contributed by atoms with Gasteiger partial charge in [0.25, 0.3) is 0 Å². The maximum absolute atomic E-state index is 2.30. The Morgan fingerprint density at radius 2 is 1.17 bits per heavy atom. The molecule has 2 heterocycles. The molecule has 0 spiro atoms. The summed E-state index contributed by atoms with van der Waals surface area (Å²) in [5.41, 5.74) is 3.06. The summed E-state index contributed by atoms with van der Waals surface area (Å²) in [5.74, 6) is 1.46. The Kier molecular flexibility index (Phi) is 4.63. The molecule has 0 aliphatic carbocycles. The first-order chi connectivity index (χ1) is 8.58. The average Bonchev–Trinajstić information content (AvgIpc) is 2.85. The molecular weight excluding hydrogens is 256 g/mol. The second-order valence-corrected chi connectivity index (χ2v) is 7.58. The van der Waals surface area contributed by atoms with Gasteiger partial charge in [-0.1, -0.05) is 27.7 Å². The van der Waals surface area contributed by atoms with E-state index in [0.717, 1.165) is 11.8 Å². The minimum absolute atomic E-state index is 0.729. The van der Waals surface area contributed by atoms with E-state index in [-0.39, 0.29) is 0 Å². The van der Waals surface area contributed by atoms with E-state index in [1.54, 1.807) is 0 Å². The molecule has 0 saturated carbocycles. The lowest BCUT2D eigenvalue weighted by Gasteiger charge is -2.09. The lowest BCUT2D eigenvalue weighted by atomic mass is 9.99. The zero-order chi connectivity index (χ0) is 13.1. The SMILES string of the molecule is CC(C)Cc1ccsc1-c1sccc1CC(C)C. The van der Waals surface area contributed by atoms with Gasteiger partial charge >= 0.3 is 0 Å². The van der Waals surface area contributed by atoms with Crippen molar-refractivity contribution in [1.82, 2.24) is 0 Å². The number of hydrogen-bond donors (Lipinski definition) is 0. The molecule has 0 radical (unpaired) electrons. The molecule has 0 fully saturated rings. The van der Waals surface area contributed by atoms with E-state index in [0.29, 0.717) is 0 Å². The summed E-state index contributed by atoms with van der Waals surface area (Å²) in [5, 5.41) is 4.48. The van der Waals surface area contributed by atoms with Crippen LogP contribution in [0.2, 0.25) is 0 Å². The third-order valence-corrected chi connectivity index (χ3v) is 5.03. The Morgan fingerprint density at radius 3 is 1.50 bits per heavy atom. The van der Waals surface area contributed by atoms with Crippen LogP contribution in [0, 0.1) is 11.8 Å². The fourth-order valence-corrected chi connectivity index (χ4v) is 4.38. The predicted molar refractivity (Wildman–Crippen MR) is 84.7 cm³/mol. The monoisotopic (exact) mass is 278 g/mol. The highest BCUT2D eigenvalue weighted by molar-refractivity contribution is 7.20. The van der Waals surface area contributed by atoms with Crippen LogP contribution >= 0.6 is 22.7 Å². The van der Waals surface area contributed by atoms with E-state index >= 15 is 0 Å². The van der Waals surface area contributed by atoms with Gasteiger partial charge in [-0.05, 0) is 58.7 Å². The maximum atomic E-state index is 2.30. The standard InChI is InChI=1S/C16H22S2/c1-11(2)9-13-5-7-17-15(13)16-14(6-8-18-16)10-12(3)4/h5-8,11-12H,9-10H2,1-4H3. The molecule has 2 rings (SSSR count). The molecule has 2 aromatic rings. The van der Waals surface area contributed by atoms with Crippen LogP contribution in [-0.4, -0.2) is 0 Å². The molecule has 2 aromatic heterocycles. The Hall–Kier alpha value is -0.600. The van der Waals surface area contributed by atoms with E-state index in [4.69, 9.17) is 0 Å². The van der Waals surface area contributed by atoms with Crippen molar-refractivity contribution in [2.45, 2.75) is 40.5 Å². The third-order valence-electron chi connectivity index (χ3n) is 2.96. The molecule has 0 aliphatic rings. The molecule has 0 amide bonds. The lowest BCUT2D eigenvalue weighted by Crippen LogP contribution is -1.96. The van der Waals surface area contributed by atoms with Gasteiger partial charge in [0, 0.05) is 9.75 Å². The summed E-state index contributed by atoms with van der Waals surface area (Å²) >= 11 is 3.80. The molecule has 0 N–H and O–H groups in total. The van der Waals surface area contributed by atoms with Gasteiger partial charge in [-0.3, -0.25) is 0 Å². The van der Waals surface area contributed by atoms with Crippen LogP contribution in [0.15, 0.2) is 22.9 Å². The van der Waals surface area contributed by atoms with Crippen LogP contribution < -0.4 is 0 Å². The van der Waals surface area contributed by atoms with Gasteiger partial charge < -0.3 is 0 Å². The summed E-state index contributed by atoms with van der Waals surface area (Å²) < 4.78 is 0. The topological polar surface area (TPSA) is 0 Å². The van der Waals surface area contributed by atoms with Crippen molar-refractivity contribution in [1.29, 1.82) is 0 Å². The Bertz CT molecular complexity index is 442. The molecule has 0 aliphatic heterocycles. The molecule has 0 aromatic carbocycles. The molecule has 2 heteroatoms. The highest BCUT2D eigenvalue weighted by atomic mass is 32.1. The zero-order valence-corrected chi connectivity index (χ0v) is 13.3. The summed E-state index contributed by atoms with van der Waals surface area (Å²) in [6.45, 7) is 9.19. The highest BCUT2D eigenvalue weighted by Crippen LogP contribution is 2.38. The Balaban J connectivity index is 2.31. The molecule has 18 heavy (non-hydrogen) atoms. The Labute approximate surface area is 119 Å². The van der Waals surface area contributed by atoms with Crippen molar-refractivity contribution in [3.63, 3.8) is 0 Å². The summed E-state index contributed by atoms with van der Waals surface area (Å²) in [6, 6.07) is 4.61. The first-order valence-corrected chi connectivity index (χ1v) is 8.47. The smallest absolute Gasteiger partial charge is 0.0477 e. The first kappa shape index (κ1) is 13.8. The largest absolute Gasteiger partial charge is 0.143 e. The van der Waals surface area contributed by atoms with Crippen molar-refractivity contribution >= 4 is 22.7 Å². The van der Waals surface area contributed by atoms with Crippen LogP contribution in [0.5, 0.6) is 0 Å². The van der Waals surface area contributed by atoms with Crippen LogP contribution in [-0.2, 0) is 12.8 Å². The highest BCUT2D eigenvalue weighted by Gasteiger charge is 2.14. The second kappa shape index (κ2) is 6.03. The van der Waals surface area contributed by atoms with Crippen LogP contribution in [0.25, 0.3) is 9.75 Å². The maximum Gasteiger partial charge on any atom is 0.0477 e. The summed E-state index contributed by atoms with van der Waals surface area (Å²) in [6.07, 6.45) is 2.38. The van der Waals surface area contributed by atoms with Crippen molar-refractivity contribution in [2.75, 3.05) is 0 Å². The van der Waals surface area contributed by atoms with Crippen LogP contribution in [0.4, 0.5) is 0 Å². The number of hydrogen-bond acceptors (Lipinski definition) is 2. The predicted octanol–water partition coefficient (Wildman–Crippen LogP) is 5.87. The molecular formula is C16H22S2. The van der Waals surface area contributed by atoms with E-state index < -0.39 is 0 Å². The molecule has 0 unspecified atom stereocenters. The van der Waals surface area contributed by atoms with Crippen molar-refractivity contribution in [3.8, 4) is 9.75 Å². The third kappa shape index (κ3) is 3.24.